The molecule has 0 fully saturated rings. The number of benzene rings is 9. The first-order chi connectivity index (χ1) is 26.7. The van der Waals surface area contributed by atoms with Crippen molar-refractivity contribution in [3.63, 3.8) is 0 Å². The van der Waals surface area contributed by atoms with Gasteiger partial charge in [0.05, 0.1) is 0 Å². The summed E-state index contributed by atoms with van der Waals surface area (Å²) in [6.45, 7) is 0. The lowest BCUT2D eigenvalue weighted by Gasteiger charge is -2.13. The third kappa shape index (κ3) is 5.88. The van der Waals surface area contributed by atoms with Crippen LogP contribution < -0.4 is 0 Å². The maximum absolute atomic E-state index is 5.22. The van der Waals surface area contributed by atoms with Crippen LogP contribution in [0.1, 0.15) is 0 Å². The second kappa shape index (κ2) is 13.4. The van der Waals surface area contributed by atoms with Crippen molar-refractivity contribution in [1.29, 1.82) is 0 Å². The van der Waals surface area contributed by atoms with Crippen molar-refractivity contribution >= 4 is 32.3 Å². The minimum absolute atomic E-state index is 0.635. The highest BCUT2D eigenvalue weighted by molar-refractivity contribution is 6.00. The number of aromatic nitrogens is 3. The summed E-state index contributed by atoms with van der Waals surface area (Å²) >= 11 is 0. The molecule has 3 nitrogen and oxygen atoms in total. The summed E-state index contributed by atoms with van der Waals surface area (Å²) in [7, 11) is 0. The van der Waals surface area contributed by atoms with Crippen LogP contribution in [-0.4, -0.2) is 15.0 Å². The van der Waals surface area contributed by atoms with E-state index in [0.29, 0.717) is 17.5 Å². The summed E-state index contributed by atoms with van der Waals surface area (Å²) in [5, 5.41) is 7.01. The second-order valence-corrected chi connectivity index (χ2v) is 13.7. The average Bonchev–Trinajstić information content (AvgIpc) is 3.26. The Morgan fingerprint density at radius 2 is 0.685 bits per heavy atom. The highest BCUT2D eigenvalue weighted by Crippen LogP contribution is 2.35. The summed E-state index contributed by atoms with van der Waals surface area (Å²) in [6.07, 6.45) is 0. The summed E-state index contributed by atoms with van der Waals surface area (Å²) in [4.78, 5) is 15.6. The lowest BCUT2D eigenvalue weighted by atomic mass is 9.95. The highest BCUT2D eigenvalue weighted by atomic mass is 15.0. The number of fused-ring (bicyclic) bond motifs is 3. The number of rotatable bonds is 6. The standard InChI is InChI=1S/C51H33N3/c1-3-12-34(13-4-1)38-19-9-20-43(31-38)49-52-50(54-51(53-49)47-23-11-18-37-24-25-41(33-48(37)47)35-14-5-2-6-15-35)44-29-27-39-30-42(28-26-40(39)32-44)46-22-10-17-36-16-7-8-21-45(36)46/h1-33H. The van der Waals surface area contributed by atoms with Crippen LogP contribution in [0.2, 0.25) is 0 Å². The van der Waals surface area contributed by atoms with Gasteiger partial charge in [-0.1, -0.05) is 176 Å². The van der Waals surface area contributed by atoms with Crippen molar-refractivity contribution in [2.24, 2.45) is 0 Å². The zero-order chi connectivity index (χ0) is 35.8. The van der Waals surface area contributed by atoms with Crippen molar-refractivity contribution in [2.45, 2.75) is 0 Å². The maximum Gasteiger partial charge on any atom is 0.164 e. The van der Waals surface area contributed by atoms with E-state index < -0.39 is 0 Å². The predicted molar refractivity (Wildman–Crippen MR) is 225 cm³/mol. The van der Waals surface area contributed by atoms with Crippen LogP contribution in [0.15, 0.2) is 200 Å². The van der Waals surface area contributed by atoms with Gasteiger partial charge in [-0.3, -0.25) is 0 Å². The molecule has 0 atom stereocenters. The maximum atomic E-state index is 5.22. The van der Waals surface area contributed by atoms with E-state index in [9.17, 15) is 0 Å². The minimum Gasteiger partial charge on any atom is -0.208 e. The third-order valence-electron chi connectivity index (χ3n) is 10.3. The van der Waals surface area contributed by atoms with E-state index in [1.165, 1.54) is 27.5 Å². The topological polar surface area (TPSA) is 38.7 Å². The lowest BCUT2D eigenvalue weighted by Crippen LogP contribution is -2.01. The quantitative estimate of drug-likeness (QED) is 0.175. The highest BCUT2D eigenvalue weighted by Gasteiger charge is 2.16. The molecular formula is C51H33N3. The van der Waals surface area contributed by atoms with Gasteiger partial charge < -0.3 is 0 Å². The Balaban J connectivity index is 1.13. The Morgan fingerprint density at radius 1 is 0.222 bits per heavy atom. The second-order valence-electron chi connectivity index (χ2n) is 13.7. The molecule has 9 aromatic carbocycles. The van der Waals surface area contributed by atoms with Gasteiger partial charge in [0.1, 0.15) is 0 Å². The molecule has 1 aromatic heterocycles. The fraction of sp³-hybridized carbons (Fsp3) is 0. The molecule has 0 aliphatic rings. The van der Waals surface area contributed by atoms with Gasteiger partial charge in [-0.25, -0.2) is 15.0 Å². The van der Waals surface area contributed by atoms with E-state index in [1.807, 2.05) is 12.1 Å². The Kier molecular flexibility index (Phi) is 7.81. The smallest absolute Gasteiger partial charge is 0.164 e. The van der Waals surface area contributed by atoms with Gasteiger partial charge >= 0.3 is 0 Å². The zero-order valence-electron chi connectivity index (χ0n) is 29.4. The van der Waals surface area contributed by atoms with E-state index in [1.54, 1.807) is 0 Å². The monoisotopic (exact) mass is 687 g/mol. The van der Waals surface area contributed by atoms with Crippen molar-refractivity contribution in [3.8, 4) is 67.5 Å². The van der Waals surface area contributed by atoms with Crippen LogP contribution in [0, 0.1) is 0 Å². The van der Waals surface area contributed by atoms with Gasteiger partial charge in [0.25, 0.3) is 0 Å². The molecule has 0 saturated heterocycles. The molecule has 0 unspecified atom stereocenters. The SMILES string of the molecule is c1ccc(-c2cccc(-c3nc(-c4ccc5cc(-c6cccc7ccccc67)ccc5c4)nc(-c4cccc5ccc(-c6ccccc6)cc45)n3)c2)cc1. The molecule has 0 aliphatic carbocycles. The van der Waals surface area contributed by atoms with Crippen LogP contribution in [0.5, 0.6) is 0 Å². The largest absolute Gasteiger partial charge is 0.208 e. The first-order valence-electron chi connectivity index (χ1n) is 18.3. The molecule has 1 heterocycles. The van der Waals surface area contributed by atoms with E-state index in [4.69, 9.17) is 15.0 Å². The summed E-state index contributed by atoms with van der Waals surface area (Å²) in [6, 6.07) is 70.6. The summed E-state index contributed by atoms with van der Waals surface area (Å²) in [5.74, 6) is 1.91. The van der Waals surface area contributed by atoms with Crippen molar-refractivity contribution < 1.29 is 0 Å². The molecular weight excluding hydrogens is 655 g/mol. The first-order valence-corrected chi connectivity index (χ1v) is 18.3. The van der Waals surface area contributed by atoms with Crippen LogP contribution >= 0.6 is 0 Å². The predicted octanol–water partition coefficient (Wildman–Crippen LogP) is 13.3. The molecule has 0 radical (unpaired) electrons. The first kappa shape index (κ1) is 31.5. The average molecular weight is 688 g/mol. The number of hydrogen-bond donors (Lipinski definition) is 0. The van der Waals surface area contributed by atoms with E-state index >= 15 is 0 Å². The van der Waals surface area contributed by atoms with Gasteiger partial charge in [-0.05, 0) is 90.0 Å². The molecule has 0 amide bonds. The van der Waals surface area contributed by atoms with Gasteiger partial charge in [-0.2, -0.15) is 0 Å². The van der Waals surface area contributed by atoms with Gasteiger partial charge in [0.15, 0.2) is 17.5 Å². The lowest BCUT2D eigenvalue weighted by molar-refractivity contribution is 1.08. The van der Waals surface area contributed by atoms with E-state index in [-0.39, 0.29) is 0 Å². The van der Waals surface area contributed by atoms with Gasteiger partial charge in [0, 0.05) is 16.7 Å². The Morgan fingerprint density at radius 3 is 1.43 bits per heavy atom. The van der Waals surface area contributed by atoms with Gasteiger partial charge in [0.2, 0.25) is 0 Å². The molecule has 0 bridgehead atoms. The normalized spacial score (nSPS) is 11.3. The van der Waals surface area contributed by atoms with Crippen molar-refractivity contribution in [1.82, 2.24) is 15.0 Å². The number of hydrogen-bond acceptors (Lipinski definition) is 3. The van der Waals surface area contributed by atoms with Crippen molar-refractivity contribution in [2.75, 3.05) is 0 Å². The van der Waals surface area contributed by atoms with Gasteiger partial charge in [-0.15, -0.1) is 0 Å². The molecule has 0 N–H and O–H groups in total. The molecule has 10 rings (SSSR count). The minimum atomic E-state index is 0.635. The van der Waals surface area contributed by atoms with E-state index in [0.717, 1.165) is 54.9 Å². The van der Waals surface area contributed by atoms with E-state index in [2.05, 4.69) is 188 Å². The van der Waals surface area contributed by atoms with Crippen LogP contribution in [0.25, 0.3) is 99.9 Å². The van der Waals surface area contributed by atoms with Crippen LogP contribution in [0.3, 0.4) is 0 Å². The molecule has 0 aliphatic heterocycles. The Bertz CT molecular complexity index is 2980. The van der Waals surface area contributed by atoms with Crippen LogP contribution in [-0.2, 0) is 0 Å². The fourth-order valence-corrected chi connectivity index (χ4v) is 7.53. The Labute approximate surface area is 313 Å². The molecule has 3 heteroatoms. The zero-order valence-corrected chi connectivity index (χ0v) is 29.4. The van der Waals surface area contributed by atoms with Crippen LogP contribution in [0.4, 0.5) is 0 Å². The summed E-state index contributed by atoms with van der Waals surface area (Å²) < 4.78 is 0. The summed E-state index contributed by atoms with van der Waals surface area (Å²) in [5.41, 5.74) is 9.85. The molecule has 0 spiro atoms. The molecule has 54 heavy (non-hydrogen) atoms. The van der Waals surface area contributed by atoms with Crippen molar-refractivity contribution in [3.05, 3.63) is 200 Å². The Hall–Kier alpha value is -7.23. The molecule has 252 valence electrons. The fourth-order valence-electron chi connectivity index (χ4n) is 7.53. The third-order valence-corrected chi connectivity index (χ3v) is 10.3. The molecule has 0 saturated carbocycles. The number of nitrogens with zero attached hydrogens (tertiary/aromatic N) is 3. The molecule has 10 aromatic rings.